The van der Waals surface area contributed by atoms with Crippen molar-refractivity contribution in [2.75, 3.05) is 39.3 Å². The summed E-state index contributed by atoms with van der Waals surface area (Å²) in [5.41, 5.74) is -0.304. The van der Waals surface area contributed by atoms with Crippen molar-refractivity contribution in [3.05, 3.63) is 0 Å². The average Bonchev–Trinajstić information content (AvgIpc) is 2.34. The average molecular weight is 312 g/mol. The molecule has 0 aliphatic carbocycles. The SMILES string of the molecule is CC(N1CCN(CC(O)COC(C)(C)C)CC1)C(F)(F)F. The van der Waals surface area contributed by atoms with Gasteiger partial charge in [0.15, 0.2) is 0 Å². The summed E-state index contributed by atoms with van der Waals surface area (Å²) >= 11 is 0. The van der Waals surface area contributed by atoms with E-state index in [1.54, 1.807) is 0 Å². The van der Waals surface area contributed by atoms with E-state index in [0.29, 0.717) is 32.7 Å². The van der Waals surface area contributed by atoms with E-state index in [1.807, 2.05) is 25.7 Å². The summed E-state index contributed by atoms with van der Waals surface area (Å²) in [5, 5.41) is 9.91. The molecule has 21 heavy (non-hydrogen) atoms. The minimum Gasteiger partial charge on any atom is -0.389 e. The van der Waals surface area contributed by atoms with E-state index >= 15 is 0 Å². The number of aliphatic hydroxyl groups is 1. The first-order valence-electron chi connectivity index (χ1n) is 7.34. The number of alkyl halides is 3. The van der Waals surface area contributed by atoms with Crippen molar-refractivity contribution in [3.8, 4) is 0 Å². The minimum atomic E-state index is -4.18. The number of hydrogen-bond donors (Lipinski definition) is 1. The van der Waals surface area contributed by atoms with Gasteiger partial charge in [-0.1, -0.05) is 0 Å². The Labute approximate surface area is 124 Å². The third-order valence-corrected chi connectivity index (χ3v) is 3.61. The molecule has 1 rings (SSSR count). The van der Waals surface area contributed by atoms with Crippen molar-refractivity contribution < 1.29 is 23.0 Å². The zero-order chi connectivity index (χ0) is 16.3. The van der Waals surface area contributed by atoms with E-state index in [0.717, 1.165) is 0 Å². The van der Waals surface area contributed by atoms with Gasteiger partial charge in [0.1, 0.15) is 6.04 Å². The highest BCUT2D eigenvalue weighted by molar-refractivity contribution is 4.81. The second kappa shape index (κ2) is 7.26. The lowest BCUT2D eigenvalue weighted by molar-refractivity contribution is -0.183. The molecule has 1 aliphatic rings. The predicted molar refractivity (Wildman–Crippen MR) is 75.2 cm³/mol. The third-order valence-electron chi connectivity index (χ3n) is 3.61. The van der Waals surface area contributed by atoms with Gasteiger partial charge in [-0.05, 0) is 27.7 Å². The second-order valence-corrected chi connectivity index (χ2v) is 6.63. The maximum Gasteiger partial charge on any atom is 0.403 e. The molecule has 1 N–H and O–H groups in total. The Hall–Kier alpha value is -0.370. The van der Waals surface area contributed by atoms with Crippen molar-refractivity contribution in [1.82, 2.24) is 9.80 Å². The summed E-state index contributed by atoms with van der Waals surface area (Å²) in [6.45, 7) is 9.42. The highest BCUT2D eigenvalue weighted by atomic mass is 19.4. The normalized spacial score (nSPS) is 22.3. The van der Waals surface area contributed by atoms with Gasteiger partial charge >= 0.3 is 6.18 Å². The van der Waals surface area contributed by atoms with Crippen molar-refractivity contribution in [2.24, 2.45) is 0 Å². The number of halogens is 3. The fourth-order valence-electron chi connectivity index (χ4n) is 2.24. The van der Waals surface area contributed by atoms with Crippen LogP contribution in [-0.4, -0.2) is 78.2 Å². The van der Waals surface area contributed by atoms with Crippen LogP contribution in [0, 0.1) is 0 Å². The van der Waals surface area contributed by atoms with Gasteiger partial charge in [-0.25, -0.2) is 0 Å². The molecule has 0 amide bonds. The van der Waals surface area contributed by atoms with E-state index in [-0.39, 0.29) is 12.2 Å². The standard InChI is InChI=1S/C14H27F3N2O2/c1-11(14(15,16)17)19-7-5-18(6-8-19)9-12(20)10-21-13(2,3)4/h11-12,20H,5-10H2,1-4H3. The van der Waals surface area contributed by atoms with Crippen LogP contribution in [0.1, 0.15) is 27.7 Å². The Balaban J connectivity index is 2.30. The van der Waals surface area contributed by atoms with Crippen LogP contribution < -0.4 is 0 Å². The molecular weight excluding hydrogens is 285 g/mol. The zero-order valence-corrected chi connectivity index (χ0v) is 13.3. The van der Waals surface area contributed by atoms with Crippen LogP contribution in [0.2, 0.25) is 0 Å². The number of hydrogen-bond acceptors (Lipinski definition) is 4. The topological polar surface area (TPSA) is 35.9 Å². The lowest BCUT2D eigenvalue weighted by Gasteiger charge is -2.39. The van der Waals surface area contributed by atoms with Crippen molar-refractivity contribution in [2.45, 2.75) is 51.6 Å². The Kier molecular flexibility index (Phi) is 6.46. The second-order valence-electron chi connectivity index (χ2n) is 6.63. The number of aliphatic hydroxyl groups excluding tert-OH is 1. The van der Waals surface area contributed by atoms with Gasteiger partial charge in [0, 0.05) is 32.7 Å². The first-order valence-corrected chi connectivity index (χ1v) is 7.34. The number of nitrogens with zero attached hydrogens (tertiary/aromatic N) is 2. The molecule has 0 aromatic heterocycles. The van der Waals surface area contributed by atoms with Gasteiger partial charge in [-0.3, -0.25) is 9.80 Å². The first kappa shape index (κ1) is 18.7. The van der Waals surface area contributed by atoms with Crippen LogP contribution >= 0.6 is 0 Å². The van der Waals surface area contributed by atoms with E-state index in [4.69, 9.17) is 4.74 Å². The number of piperazine rings is 1. The molecule has 1 fully saturated rings. The van der Waals surface area contributed by atoms with Gasteiger partial charge < -0.3 is 9.84 Å². The molecule has 7 heteroatoms. The van der Waals surface area contributed by atoms with Crippen LogP contribution in [0.4, 0.5) is 13.2 Å². The molecule has 0 bridgehead atoms. The number of rotatable bonds is 5. The maximum absolute atomic E-state index is 12.6. The monoisotopic (exact) mass is 312 g/mol. The molecule has 1 aliphatic heterocycles. The molecule has 0 spiro atoms. The first-order chi connectivity index (χ1) is 9.49. The van der Waals surface area contributed by atoms with Crippen molar-refractivity contribution >= 4 is 0 Å². The van der Waals surface area contributed by atoms with E-state index < -0.39 is 18.3 Å². The van der Waals surface area contributed by atoms with E-state index in [9.17, 15) is 18.3 Å². The molecular formula is C14H27F3N2O2. The molecule has 0 saturated carbocycles. The van der Waals surface area contributed by atoms with E-state index in [2.05, 4.69) is 0 Å². The lowest BCUT2D eigenvalue weighted by Crippen LogP contribution is -2.54. The van der Waals surface area contributed by atoms with Gasteiger partial charge in [0.2, 0.25) is 0 Å². The van der Waals surface area contributed by atoms with Gasteiger partial charge in [0.05, 0.1) is 18.3 Å². The van der Waals surface area contributed by atoms with Crippen molar-refractivity contribution in [1.29, 1.82) is 0 Å². The summed E-state index contributed by atoms with van der Waals surface area (Å²) in [5.74, 6) is 0. The fraction of sp³-hybridized carbons (Fsp3) is 1.00. The van der Waals surface area contributed by atoms with Crippen LogP contribution in [0.3, 0.4) is 0 Å². The number of ether oxygens (including phenoxy) is 1. The molecule has 0 aromatic carbocycles. The predicted octanol–water partition coefficient (Wildman–Crippen LogP) is 1.73. The summed E-state index contributed by atoms with van der Waals surface area (Å²) < 4.78 is 43.4. The highest BCUT2D eigenvalue weighted by Crippen LogP contribution is 2.25. The molecule has 2 unspecified atom stereocenters. The fourth-order valence-corrected chi connectivity index (χ4v) is 2.24. The summed E-state index contributed by atoms with van der Waals surface area (Å²) in [6, 6.07) is -1.41. The van der Waals surface area contributed by atoms with Gasteiger partial charge in [0.25, 0.3) is 0 Å². The van der Waals surface area contributed by atoms with Crippen LogP contribution in [0.5, 0.6) is 0 Å². The molecule has 0 radical (unpaired) electrons. The lowest BCUT2D eigenvalue weighted by atomic mass is 10.2. The Morgan fingerprint density at radius 3 is 2.05 bits per heavy atom. The summed E-state index contributed by atoms with van der Waals surface area (Å²) in [6.07, 6.45) is -4.79. The molecule has 1 heterocycles. The van der Waals surface area contributed by atoms with Crippen LogP contribution in [0.25, 0.3) is 0 Å². The van der Waals surface area contributed by atoms with E-state index in [1.165, 1.54) is 11.8 Å². The van der Waals surface area contributed by atoms with Crippen molar-refractivity contribution in [3.63, 3.8) is 0 Å². The Morgan fingerprint density at radius 2 is 1.62 bits per heavy atom. The molecule has 2 atom stereocenters. The molecule has 0 aromatic rings. The zero-order valence-electron chi connectivity index (χ0n) is 13.3. The quantitative estimate of drug-likeness (QED) is 0.839. The molecule has 1 saturated heterocycles. The smallest absolute Gasteiger partial charge is 0.389 e. The summed E-state index contributed by atoms with van der Waals surface area (Å²) in [4.78, 5) is 3.42. The van der Waals surface area contributed by atoms with Gasteiger partial charge in [-0.15, -0.1) is 0 Å². The minimum absolute atomic E-state index is 0.239. The molecule has 4 nitrogen and oxygen atoms in total. The number of β-amino-alcohol motifs (C(OH)–C–C–N with tert-alkyl or cyclic N) is 1. The Bertz CT molecular complexity index is 310. The maximum atomic E-state index is 12.6. The largest absolute Gasteiger partial charge is 0.403 e. The molecule has 126 valence electrons. The third kappa shape index (κ3) is 6.95. The highest BCUT2D eigenvalue weighted by Gasteiger charge is 2.40. The van der Waals surface area contributed by atoms with Gasteiger partial charge in [-0.2, -0.15) is 13.2 Å². The van der Waals surface area contributed by atoms with Crippen LogP contribution in [0.15, 0.2) is 0 Å². The summed E-state index contributed by atoms with van der Waals surface area (Å²) in [7, 11) is 0. The van der Waals surface area contributed by atoms with Crippen LogP contribution in [-0.2, 0) is 4.74 Å². The Morgan fingerprint density at radius 1 is 1.10 bits per heavy atom.